The molecule has 3 aliphatic heterocycles. The molecule has 2 fully saturated rings. The lowest BCUT2D eigenvalue weighted by atomic mass is 9.82. The number of hydrogen-bond acceptors (Lipinski definition) is 22. The molecule has 1 unspecified atom stereocenters. The smallest absolute Gasteiger partial charge is 0.333 e. The normalized spacial score (nSPS) is 44.1. The molecule has 482 valence electrons. The van der Waals surface area contributed by atoms with Crippen molar-refractivity contribution in [1.29, 1.82) is 0 Å². The molecule has 22 heteroatoms. The van der Waals surface area contributed by atoms with Crippen molar-refractivity contribution in [3.05, 3.63) is 59.8 Å². The second kappa shape index (κ2) is 36.6. The molecule has 22 nitrogen and oxygen atoms in total. The fraction of sp³-hybridized carbons (Fsp3) is 0.820. The minimum absolute atomic E-state index is 0.148. The molecule has 0 radical (unpaired) electrons. The van der Waals surface area contributed by atoms with Gasteiger partial charge in [-0.3, -0.25) is 0 Å². The van der Waals surface area contributed by atoms with Gasteiger partial charge in [0.1, 0.15) is 36.6 Å². The maximum Gasteiger partial charge on any atom is 0.333 e. The zero-order valence-corrected chi connectivity index (χ0v) is 50.1. The highest BCUT2D eigenvalue weighted by Gasteiger charge is 2.46. The van der Waals surface area contributed by atoms with E-state index in [1.54, 1.807) is 52.0 Å². The van der Waals surface area contributed by atoms with E-state index >= 15 is 0 Å². The zero-order chi connectivity index (χ0) is 62.6. The summed E-state index contributed by atoms with van der Waals surface area (Å²) in [7, 11) is 0. The number of carbonyl (C=O) groups excluding carboxylic acids is 1. The third kappa shape index (κ3) is 24.1. The minimum atomic E-state index is -1.88. The lowest BCUT2D eigenvalue weighted by molar-refractivity contribution is -0.313. The van der Waals surface area contributed by atoms with Crippen molar-refractivity contribution >= 4 is 5.97 Å². The molecule has 0 aromatic carbocycles. The second-order valence-corrected chi connectivity index (χ2v) is 24.4. The third-order valence-electron chi connectivity index (χ3n) is 17.3. The van der Waals surface area contributed by atoms with E-state index in [9.17, 15) is 91.6 Å². The number of ether oxygens (including phenoxy) is 4. The predicted molar refractivity (Wildman–Crippen MR) is 306 cm³/mol. The maximum atomic E-state index is 13.5. The number of allylic oxidation sites excluding steroid dienone is 2. The van der Waals surface area contributed by atoms with Crippen LogP contribution >= 0.6 is 0 Å². The summed E-state index contributed by atoms with van der Waals surface area (Å²) in [5.41, 5.74) is 0.559. The number of aliphatic hydroxyl groups excluding tert-OH is 17. The lowest BCUT2D eigenvalue weighted by Gasteiger charge is -2.41. The summed E-state index contributed by atoms with van der Waals surface area (Å²) in [5, 5.41) is 185. The van der Waals surface area contributed by atoms with Crippen molar-refractivity contribution in [3.8, 4) is 0 Å². The monoisotopic (exact) mass is 1190 g/mol. The highest BCUT2D eigenvalue weighted by molar-refractivity contribution is 5.87. The molecule has 0 bridgehead atoms. The Morgan fingerprint density at radius 1 is 0.566 bits per heavy atom. The average Bonchev–Trinajstić information content (AvgIpc) is 4.00. The Hall–Kier alpha value is -2.63. The van der Waals surface area contributed by atoms with Crippen LogP contribution in [0.5, 0.6) is 0 Å². The molecule has 3 aliphatic rings. The Morgan fingerprint density at radius 2 is 1.16 bits per heavy atom. The zero-order valence-electron chi connectivity index (χ0n) is 50.1. The van der Waals surface area contributed by atoms with Crippen molar-refractivity contribution in [3.63, 3.8) is 0 Å². The second-order valence-electron chi connectivity index (χ2n) is 24.4. The maximum absolute atomic E-state index is 13.5. The van der Waals surface area contributed by atoms with Crippen LogP contribution < -0.4 is 0 Å². The van der Waals surface area contributed by atoms with Crippen molar-refractivity contribution in [2.24, 2.45) is 41.4 Å². The molecule has 0 amide bonds. The van der Waals surface area contributed by atoms with E-state index in [1.165, 1.54) is 39.0 Å². The van der Waals surface area contributed by atoms with Crippen molar-refractivity contribution in [2.45, 2.75) is 268 Å². The van der Waals surface area contributed by atoms with E-state index < -0.39 is 184 Å². The van der Waals surface area contributed by atoms with Gasteiger partial charge in [-0.1, -0.05) is 97.1 Å². The van der Waals surface area contributed by atoms with Crippen LogP contribution in [0.4, 0.5) is 0 Å². The van der Waals surface area contributed by atoms with Crippen LogP contribution in [0.2, 0.25) is 0 Å². The Labute approximate surface area is 490 Å². The standard InChI is InChI=1S/C61H106O22/c1-31-14-10-11-18-45(68)36(6)55(74)32(2)15-12-16-34(4)60(79)81-49(39(9)50-22-23-53(72)80-50)19-13-17-40(63)25-41(64)27-46(69)37(7)56(75)38(8)47(70)28-42(65)26-43(66)29-48(71)51(24-35(5)54(73)33(3)20-21-44(31)67)82-61-59(78)58(77)57(76)52(30-62)83-61/h10,13-14,16-17,20-21,24,31-33,36-59,61-78H,11-12,15,18-19,22-23,25-30H2,1-9H3/t31-,32-,33-,36-,37-,38-,39-,40+,41-,42-,43-,44-,45-,46+,47-,48+,49-,50+,51-,52+,53?,54+,55+,56-,57+,58-,59-,61-/m0/s1. The van der Waals surface area contributed by atoms with Crippen molar-refractivity contribution in [2.75, 3.05) is 6.61 Å². The van der Waals surface area contributed by atoms with E-state index in [-0.39, 0.29) is 43.1 Å². The third-order valence-corrected chi connectivity index (χ3v) is 17.3. The molecule has 0 aromatic rings. The van der Waals surface area contributed by atoms with Gasteiger partial charge in [-0.2, -0.15) is 0 Å². The summed E-state index contributed by atoms with van der Waals surface area (Å²) in [6.45, 7) is 14.3. The van der Waals surface area contributed by atoms with Crippen molar-refractivity contribution < 1.29 is 111 Å². The molecule has 3 heterocycles. The van der Waals surface area contributed by atoms with Crippen LogP contribution in [0.3, 0.4) is 0 Å². The molecule has 28 atom stereocenters. The van der Waals surface area contributed by atoms with Crippen molar-refractivity contribution in [1.82, 2.24) is 0 Å². The van der Waals surface area contributed by atoms with E-state index in [0.29, 0.717) is 44.1 Å². The molecular formula is C61H106O22. The first-order valence-electron chi connectivity index (χ1n) is 29.9. The van der Waals surface area contributed by atoms with Gasteiger partial charge in [0.15, 0.2) is 12.6 Å². The summed E-state index contributed by atoms with van der Waals surface area (Å²) in [6.07, 6.45) is -13.3. The van der Waals surface area contributed by atoms with Gasteiger partial charge >= 0.3 is 5.97 Å². The summed E-state index contributed by atoms with van der Waals surface area (Å²) >= 11 is 0. The Balaban J connectivity index is 1.88. The predicted octanol–water partition coefficient (Wildman–Crippen LogP) is 0.840. The molecule has 17 N–H and O–H groups in total. The van der Waals surface area contributed by atoms with Gasteiger partial charge in [-0.25, -0.2) is 4.79 Å². The molecule has 2 saturated heterocycles. The van der Waals surface area contributed by atoms with Gasteiger partial charge in [0.05, 0.1) is 86.0 Å². The van der Waals surface area contributed by atoms with Gasteiger partial charge in [-0.05, 0) is 76.7 Å². The average molecular weight is 1190 g/mol. The van der Waals surface area contributed by atoms with E-state index in [4.69, 9.17) is 18.9 Å². The number of cyclic esters (lactones) is 1. The summed E-state index contributed by atoms with van der Waals surface area (Å²) < 4.78 is 23.1. The molecule has 0 spiro atoms. The minimum Gasteiger partial charge on any atom is -0.458 e. The first-order chi connectivity index (χ1) is 38.9. The molecular weight excluding hydrogens is 1080 g/mol. The molecule has 83 heavy (non-hydrogen) atoms. The van der Waals surface area contributed by atoms with Crippen LogP contribution in [0, 0.1) is 41.4 Å². The highest BCUT2D eigenvalue weighted by atomic mass is 16.7. The van der Waals surface area contributed by atoms with Crippen LogP contribution in [0.1, 0.15) is 139 Å². The number of rotatable bonds is 5. The summed E-state index contributed by atoms with van der Waals surface area (Å²) in [4.78, 5) is 13.5. The highest BCUT2D eigenvalue weighted by Crippen LogP contribution is 2.32. The number of esters is 1. The number of aliphatic hydroxyl groups is 17. The van der Waals surface area contributed by atoms with E-state index in [2.05, 4.69) is 0 Å². The lowest BCUT2D eigenvalue weighted by Crippen LogP contribution is -2.60. The first-order valence-corrected chi connectivity index (χ1v) is 29.9. The van der Waals surface area contributed by atoms with Gasteiger partial charge in [-0.15, -0.1) is 0 Å². The molecule has 0 aromatic heterocycles. The van der Waals surface area contributed by atoms with Crippen LogP contribution in [-0.2, 0) is 23.7 Å². The van der Waals surface area contributed by atoms with Crippen LogP contribution in [0.15, 0.2) is 59.8 Å². The van der Waals surface area contributed by atoms with Gasteiger partial charge in [0.25, 0.3) is 0 Å². The number of carbonyl (C=O) groups is 1. The SMILES string of the molecule is CC1=CCC[C@H](C)[C@@H](O)[C@@H](C)[C@@H](O)CCC=C[C@H](C)[C@@H](O)C=C[C@H](C)[C@@H](O)C(C)=C[C@H](O[C@H]2O[C@H](CO)[C@@H](O)[C@H](O)[C@@H]2O)[C@H](O)C[C@@H](O)C[C@H](O)C[C@H](O)[C@H](C)[C@@H](O)[C@@H](C)[C@H](O)C[C@@H](O)C[C@H](O)C=CC[C@@H]([C@H](C)[C@H]2CCC(O)O2)OC1=O. The first kappa shape index (κ1) is 74.6. The largest absolute Gasteiger partial charge is 0.458 e. The van der Waals surface area contributed by atoms with Crippen LogP contribution in [0.25, 0.3) is 0 Å². The fourth-order valence-corrected chi connectivity index (χ4v) is 11.0. The summed E-state index contributed by atoms with van der Waals surface area (Å²) in [6, 6.07) is 0. The molecule has 0 saturated carbocycles. The van der Waals surface area contributed by atoms with Gasteiger partial charge in [0, 0.05) is 66.8 Å². The number of hydrogen-bond donors (Lipinski definition) is 17. The quantitative estimate of drug-likeness (QED) is 0.134. The van der Waals surface area contributed by atoms with E-state index in [1.807, 2.05) is 19.9 Å². The Kier molecular flexibility index (Phi) is 32.9. The van der Waals surface area contributed by atoms with Crippen LogP contribution in [-0.4, -0.2) is 228 Å². The molecule has 0 aliphatic carbocycles. The topological polar surface area (TPSA) is 398 Å². The Morgan fingerprint density at radius 3 is 1.75 bits per heavy atom. The van der Waals surface area contributed by atoms with E-state index in [0.717, 1.165) is 0 Å². The van der Waals surface area contributed by atoms with Gasteiger partial charge in [0.2, 0.25) is 0 Å². The van der Waals surface area contributed by atoms with Gasteiger partial charge < -0.3 is 106 Å². The fourth-order valence-electron chi connectivity index (χ4n) is 11.0. The Bertz CT molecular complexity index is 2000. The summed E-state index contributed by atoms with van der Waals surface area (Å²) in [5.74, 6) is -4.60. The molecule has 3 rings (SSSR count).